The Morgan fingerprint density at radius 2 is 1.14 bits per heavy atom. The van der Waals surface area contributed by atoms with E-state index < -0.39 is 0 Å². The van der Waals surface area contributed by atoms with Gasteiger partial charge in [-0.1, -0.05) is 78.9 Å². The van der Waals surface area contributed by atoms with Gasteiger partial charge in [-0.3, -0.25) is 0 Å². The van der Waals surface area contributed by atoms with Gasteiger partial charge in [0.1, 0.15) is 23.3 Å². The highest BCUT2D eigenvalue weighted by Gasteiger charge is 2.25. The van der Waals surface area contributed by atoms with E-state index in [1.165, 1.54) is 0 Å². The predicted octanol–water partition coefficient (Wildman–Crippen LogP) is 6.66. The smallest absolute Gasteiger partial charge is 0.154 e. The zero-order valence-corrected chi connectivity index (χ0v) is 15.4. The van der Waals surface area contributed by atoms with E-state index in [9.17, 15) is 10.5 Å². The molecule has 0 atom stereocenters. The summed E-state index contributed by atoms with van der Waals surface area (Å²) in [4.78, 5) is 0. The fraction of sp³-hybridized carbons (Fsp3) is 0. The van der Waals surface area contributed by atoms with Crippen molar-refractivity contribution < 1.29 is 4.42 Å². The second kappa shape index (κ2) is 6.68. The number of hydrogen-bond acceptors (Lipinski definition) is 3. The Hall–Kier alpha value is -4.34. The monoisotopic (exact) mass is 370 g/mol. The predicted molar refractivity (Wildman–Crippen MR) is 114 cm³/mol. The third-order valence-electron chi connectivity index (χ3n) is 5.17. The van der Waals surface area contributed by atoms with E-state index in [2.05, 4.69) is 12.1 Å². The maximum atomic E-state index is 10.2. The van der Waals surface area contributed by atoms with Crippen LogP contribution in [0, 0.1) is 22.7 Å². The van der Waals surface area contributed by atoms with E-state index in [-0.39, 0.29) is 0 Å². The average Bonchev–Trinajstić information content (AvgIpc) is 3.17. The third-order valence-corrected chi connectivity index (χ3v) is 5.17. The number of nitrogens with zero attached hydrogens (tertiary/aromatic N) is 2. The lowest BCUT2D eigenvalue weighted by Crippen LogP contribution is -1.96. The van der Waals surface area contributed by atoms with Gasteiger partial charge in [0.2, 0.25) is 0 Å². The zero-order valence-electron chi connectivity index (χ0n) is 15.4. The summed E-state index contributed by atoms with van der Waals surface area (Å²) < 4.78 is 6.17. The molecule has 0 fully saturated rings. The second-order valence-corrected chi connectivity index (χ2v) is 6.76. The minimum atomic E-state index is 0.388. The van der Waals surface area contributed by atoms with Crippen molar-refractivity contribution in [2.45, 2.75) is 0 Å². The fourth-order valence-corrected chi connectivity index (χ4v) is 3.96. The van der Waals surface area contributed by atoms with Gasteiger partial charge in [0, 0.05) is 21.9 Å². The first-order valence-corrected chi connectivity index (χ1v) is 9.25. The summed E-state index contributed by atoms with van der Waals surface area (Å²) in [5, 5.41) is 22.0. The Kier molecular flexibility index (Phi) is 3.87. The van der Waals surface area contributed by atoms with Gasteiger partial charge in [-0.05, 0) is 17.2 Å². The molecule has 0 saturated heterocycles. The number of benzene rings is 4. The molecule has 3 nitrogen and oxygen atoms in total. The maximum absolute atomic E-state index is 10.2. The molecular formula is C26H14N2O. The first-order valence-electron chi connectivity index (χ1n) is 9.25. The van der Waals surface area contributed by atoms with E-state index in [4.69, 9.17) is 4.42 Å². The minimum Gasteiger partial charge on any atom is -0.455 e. The van der Waals surface area contributed by atoms with E-state index in [0.29, 0.717) is 27.9 Å². The van der Waals surface area contributed by atoms with E-state index in [0.717, 1.165) is 27.5 Å². The molecule has 0 aliphatic carbocycles. The van der Waals surface area contributed by atoms with Crippen LogP contribution in [0.25, 0.3) is 44.2 Å². The van der Waals surface area contributed by atoms with Crippen LogP contribution >= 0.6 is 0 Å². The molecule has 1 aromatic heterocycles. The molecule has 0 unspecified atom stereocenters. The van der Waals surface area contributed by atoms with Crippen LogP contribution in [0.5, 0.6) is 0 Å². The molecule has 134 valence electrons. The van der Waals surface area contributed by atoms with Crippen molar-refractivity contribution in [2.24, 2.45) is 0 Å². The standard InChI is InChI=1S/C26H14N2O/c27-15-20-23(17-9-3-1-4-10-17)21(16-28)26-25(19-13-7-8-14-22(19)29-26)24(20)18-11-5-2-6-12-18/h1-14H. The molecule has 4 aromatic carbocycles. The number of hydrogen-bond donors (Lipinski definition) is 0. The molecule has 0 bridgehead atoms. The molecule has 0 N–H and O–H groups in total. The van der Waals surface area contributed by atoms with E-state index >= 15 is 0 Å². The number of furan rings is 1. The first-order chi connectivity index (χ1) is 14.3. The summed E-state index contributed by atoms with van der Waals surface area (Å²) in [5.41, 5.74) is 5.24. The SMILES string of the molecule is N#Cc1c(-c2ccccc2)c(C#N)c2oc3ccccc3c2c1-c1ccccc1. The van der Waals surface area contributed by atoms with Crippen LogP contribution in [0.2, 0.25) is 0 Å². The highest BCUT2D eigenvalue weighted by atomic mass is 16.3. The number of para-hydroxylation sites is 1. The van der Waals surface area contributed by atoms with Crippen molar-refractivity contribution in [2.75, 3.05) is 0 Å². The molecule has 0 amide bonds. The van der Waals surface area contributed by atoms with Crippen LogP contribution in [0.4, 0.5) is 0 Å². The van der Waals surface area contributed by atoms with Gasteiger partial charge in [0.15, 0.2) is 5.58 Å². The summed E-state index contributed by atoms with van der Waals surface area (Å²) >= 11 is 0. The van der Waals surface area contributed by atoms with Crippen LogP contribution in [0.15, 0.2) is 89.3 Å². The van der Waals surface area contributed by atoms with Crippen molar-refractivity contribution in [1.29, 1.82) is 10.5 Å². The van der Waals surface area contributed by atoms with Gasteiger partial charge < -0.3 is 4.42 Å². The zero-order chi connectivity index (χ0) is 19.8. The van der Waals surface area contributed by atoms with E-state index in [1.54, 1.807) is 0 Å². The van der Waals surface area contributed by atoms with Crippen molar-refractivity contribution in [3.63, 3.8) is 0 Å². The van der Waals surface area contributed by atoms with Gasteiger partial charge in [0.25, 0.3) is 0 Å². The van der Waals surface area contributed by atoms with Gasteiger partial charge >= 0.3 is 0 Å². The normalized spacial score (nSPS) is 10.7. The van der Waals surface area contributed by atoms with Crippen LogP contribution in [0.3, 0.4) is 0 Å². The lowest BCUT2D eigenvalue weighted by Gasteiger charge is -2.14. The highest BCUT2D eigenvalue weighted by molar-refractivity contribution is 6.17. The molecular weight excluding hydrogens is 356 g/mol. The molecule has 5 rings (SSSR count). The van der Waals surface area contributed by atoms with Crippen molar-refractivity contribution in [3.05, 3.63) is 96.1 Å². The number of nitriles is 2. The Morgan fingerprint density at radius 3 is 1.76 bits per heavy atom. The van der Waals surface area contributed by atoms with Crippen LogP contribution in [-0.2, 0) is 0 Å². The molecule has 0 spiro atoms. The maximum Gasteiger partial charge on any atom is 0.154 e. The molecule has 1 heterocycles. The lowest BCUT2D eigenvalue weighted by molar-refractivity contribution is 0.668. The van der Waals surface area contributed by atoms with Gasteiger partial charge in [0.05, 0.1) is 5.56 Å². The molecule has 0 radical (unpaired) electrons. The first kappa shape index (κ1) is 16.8. The summed E-state index contributed by atoms with van der Waals surface area (Å²) in [6, 6.07) is 31.8. The van der Waals surface area contributed by atoms with Gasteiger partial charge in [-0.2, -0.15) is 10.5 Å². The van der Waals surface area contributed by atoms with Gasteiger partial charge in [-0.15, -0.1) is 0 Å². The van der Waals surface area contributed by atoms with Crippen LogP contribution in [-0.4, -0.2) is 0 Å². The molecule has 0 aliphatic heterocycles. The number of fused-ring (bicyclic) bond motifs is 3. The second-order valence-electron chi connectivity index (χ2n) is 6.76. The molecule has 0 aliphatic rings. The highest BCUT2D eigenvalue weighted by Crippen LogP contribution is 2.45. The van der Waals surface area contributed by atoms with Crippen molar-refractivity contribution in [3.8, 4) is 34.4 Å². The van der Waals surface area contributed by atoms with Crippen LogP contribution < -0.4 is 0 Å². The number of rotatable bonds is 2. The van der Waals surface area contributed by atoms with Crippen LogP contribution in [0.1, 0.15) is 11.1 Å². The minimum absolute atomic E-state index is 0.388. The molecule has 5 aromatic rings. The average molecular weight is 370 g/mol. The van der Waals surface area contributed by atoms with Gasteiger partial charge in [-0.25, -0.2) is 0 Å². The van der Waals surface area contributed by atoms with E-state index in [1.807, 2.05) is 84.9 Å². The largest absolute Gasteiger partial charge is 0.455 e. The molecule has 29 heavy (non-hydrogen) atoms. The fourth-order valence-electron chi connectivity index (χ4n) is 3.96. The van der Waals surface area contributed by atoms with Crippen molar-refractivity contribution in [1.82, 2.24) is 0 Å². The molecule has 0 saturated carbocycles. The Labute approximate surface area is 167 Å². The quantitative estimate of drug-likeness (QED) is 0.349. The third kappa shape index (κ3) is 2.50. The topological polar surface area (TPSA) is 60.7 Å². The van der Waals surface area contributed by atoms with Crippen molar-refractivity contribution >= 4 is 21.9 Å². The molecule has 3 heteroatoms. The lowest BCUT2D eigenvalue weighted by atomic mass is 9.86. The Morgan fingerprint density at radius 1 is 0.586 bits per heavy atom. The summed E-state index contributed by atoms with van der Waals surface area (Å²) in [5.74, 6) is 0. The summed E-state index contributed by atoms with van der Waals surface area (Å²) in [6.07, 6.45) is 0. The Bertz CT molecular complexity index is 1450. The summed E-state index contributed by atoms with van der Waals surface area (Å²) in [6.45, 7) is 0. The summed E-state index contributed by atoms with van der Waals surface area (Å²) in [7, 11) is 0. The Balaban J connectivity index is 2.09.